The smallest absolute Gasteiger partial charge is 0.256 e. The highest BCUT2D eigenvalue weighted by Gasteiger charge is 2.19. The Morgan fingerprint density at radius 1 is 1.17 bits per heavy atom. The third-order valence-electron chi connectivity index (χ3n) is 4.76. The standard InChI is InChI=1S/C19H24N2O2/c1-2-21-13-16(18(22)15-11-7-8-12-17(15)21)19(23)20-14-9-5-3-4-6-10-14/h7-8,11-14H,2-6,9-10H2,1H3,(H,20,23). The Balaban J connectivity index is 1.93. The minimum absolute atomic E-state index is 0.170. The van der Waals surface area contributed by atoms with E-state index in [2.05, 4.69) is 5.32 Å². The van der Waals surface area contributed by atoms with Crippen LogP contribution in [0.15, 0.2) is 35.3 Å². The first-order valence-electron chi connectivity index (χ1n) is 8.63. The Morgan fingerprint density at radius 2 is 1.87 bits per heavy atom. The van der Waals surface area contributed by atoms with Crippen molar-refractivity contribution < 1.29 is 4.79 Å². The number of carbonyl (C=O) groups excluding carboxylic acids is 1. The predicted octanol–water partition coefficient (Wildman–Crippen LogP) is 3.47. The number of fused-ring (bicyclic) bond motifs is 1. The van der Waals surface area contributed by atoms with E-state index >= 15 is 0 Å². The topological polar surface area (TPSA) is 51.1 Å². The molecule has 1 fully saturated rings. The molecule has 1 heterocycles. The number of benzene rings is 1. The molecule has 0 unspecified atom stereocenters. The first-order chi connectivity index (χ1) is 11.2. The van der Waals surface area contributed by atoms with Crippen molar-refractivity contribution in [2.45, 2.75) is 58.0 Å². The van der Waals surface area contributed by atoms with Crippen LogP contribution in [0.3, 0.4) is 0 Å². The largest absolute Gasteiger partial charge is 0.349 e. The number of para-hydroxylation sites is 1. The van der Waals surface area contributed by atoms with Crippen LogP contribution in [0.5, 0.6) is 0 Å². The van der Waals surface area contributed by atoms with Gasteiger partial charge < -0.3 is 9.88 Å². The fraction of sp³-hybridized carbons (Fsp3) is 0.474. The van der Waals surface area contributed by atoms with E-state index in [9.17, 15) is 9.59 Å². The Morgan fingerprint density at radius 3 is 2.57 bits per heavy atom. The lowest BCUT2D eigenvalue weighted by atomic mass is 10.1. The number of amides is 1. The van der Waals surface area contributed by atoms with Gasteiger partial charge in [0.1, 0.15) is 5.56 Å². The Labute approximate surface area is 136 Å². The number of hydrogen-bond donors (Lipinski definition) is 1. The second-order valence-corrected chi connectivity index (χ2v) is 6.34. The van der Waals surface area contributed by atoms with Gasteiger partial charge in [-0.05, 0) is 31.9 Å². The van der Waals surface area contributed by atoms with E-state index in [-0.39, 0.29) is 22.9 Å². The van der Waals surface area contributed by atoms with E-state index in [0.29, 0.717) is 5.39 Å². The Hall–Kier alpha value is -2.10. The highest BCUT2D eigenvalue weighted by molar-refractivity contribution is 5.97. The molecule has 4 heteroatoms. The van der Waals surface area contributed by atoms with Gasteiger partial charge in [-0.15, -0.1) is 0 Å². The summed E-state index contributed by atoms with van der Waals surface area (Å²) in [4.78, 5) is 25.3. The minimum atomic E-state index is -0.227. The summed E-state index contributed by atoms with van der Waals surface area (Å²) in [5, 5.41) is 3.69. The van der Waals surface area contributed by atoms with Crippen LogP contribution in [-0.2, 0) is 6.54 Å². The molecule has 0 aliphatic heterocycles. The van der Waals surface area contributed by atoms with Crippen molar-refractivity contribution in [2.24, 2.45) is 0 Å². The zero-order chi connectivity index (χ0) is 16.2. The second-order valence-electron chi connectivity index (χ2n) is 6.34. The maximum Gasteiger partial charge on any atom is 0.256 e. The van der Waals surface area contributed by atoms with Crippen LogP contribution < -0.4 is 10.7 Å². The van der Waals surface area contributed by atoms with Gasteiger partial charge in [0.2, 0.25) is 5.43 Å². The SMILES string of the molecule is CCn1cc(C(=O)NC2CCCCCC2)c(=O)c2ccccc21. The van der Waals surface area contributed by atoms with Crippen molar-refractivity contribution in [3.05, 3.63) is 46.2 Å². The molecule has 1 aromatic carbocycles. The van der Waals surface area contributed by atoms with E-state index in [4.69, 9.17) is 0 Å². The molecular formula is C19H24N2O2. The zero-order valence-corrected chi connectivity index (χ0v) is 13.7. The van der Waals surface area contributed by atoms with Crippen molar-refractivity contribution in [1.82, 2.24) is 9.88 Å². The molecule has 0 spiro atoms. The first-order valence-corrected chi connectivity index (χ1v) is 8.63. The van der Waals surface area contributed by atoms with Crippen LogP contribution in [0.2, 0.25) is 0 Å². The van der Waals surface area contributed by atoms with Gasteiger partial charge in [0.05, 0.1) is 5.52 Å². The summed E-state index contributed by atoms with van der Waals surface area (Å²) in [5.41, 5.74) is 0.970. The molecule has 4 nitrogen and oxygen atoms in total. The summed E-state index contributed by atoms with van der Waals surface area (Å²) in [6.07, 6.45) is 8.53. The van der Waals surface area contributed by atoms with Crippen LogP contribution in [0, 0.1) is 0 Å². The summed E-state index contributed by atoms with van der Waals surface area (Å²) >= 11 is 0. The van der Waals surface area contributed by atoms with Crippen molar-refractivity contribution in [2.75, 3.05) is 0 Å². The van der Waals surface area contributed by atoms with Gasteiger partial charge in [0.25, 0.3) is 5.91 Å². The number of aryl methyl sites for hydroxylation is 1. The summed E-state index contributed by atoms with van der Waals surface area (Å²) < 4.78 is 1.97. The normalized spacial score (nSPS) is 16.2. The van der Waals surface area contributed by atoms with E-state index in [1.807, 2.05) is 29.7 Å². The van der Waals surface area contributed by atoms with Crippen LogP contribution in [0.4, 0.5) is 0 Å². The molecule has 1 aliphatic carbocycles. The Bertz CT molecular complexity index is 756. The molecule has 1 amide bonds. The van der Waals surface area contributed by atoms with Crippen LogP contribution in [0.25, 0.3) is 10.9 Å². The zero-order valence-electron chi connectivity index (χ0n) is 13.7. The lowest BCUT2D eigenvalue weighted by molar-refractivity contribution is 0.0931. The lowest BCUT2D eigenvalue weighted by Gasteiger charge is -2.17. The highest BCUT2D eigenvalue weighted by atomic mass is 16.2. The molecule has 1 aromatic heterocycles. The molecule has 1 saturated carbocycles. The molecule has 3 rings (SSSR count). The molecule has 0 atom stereocenters. The van der Waals surface area contributed by atoms with Crippen molar-refractivity contribution in [3.63, 3.8) is 0 Å². The first kappa shape index (κ1) is 15.8. The van der Waals surface area contributed by atoms with Crippen molar-refractivity contribution in [1.29, 1.82) is 0 Å². The molecule has 0 saturated heterocycles. The summed E-state index contributed by atoms with van der Waals surface area (Å²) in [7, 11) is 0. The highest BCUT2D eigenvalue weighted by Crippen LogP contribution is 2.18. The molecule has 0 radical (unpaired) electrons. The van der Waals surface area contributed by atoms with Gasteiger partial charge in [-0.1, -0.05) is 37.8 Å². The Kier molecular flexibility index (Phi) is 4.79. The third-order valence-corrected chi connectivity index (χ3v) is 4.76. The van der Waals surface area contributed by atoms with Gasteiger partial charge >= 0.3 is 0 Å². The number of nitrogens with zero attached hydrogens (tertiary/aromatic N) is 1. The van der Waals surface area contributed by atoms with Gasteiger partial charge in [-0.3, -0.25) is 9.59 Å². The molecule has 0 bridgehead atoms. The number of pyridine rings is 1. The monoisotopic (exact) mass is 312 g/mol. The van der Waals surface area contributed by atoms with Gasteiger partial charge in [-0.25, -0.2) is 0 Å². The average molecular weight is 312 g/mol. The number of aromatic nitrogens is 1. The quantitative estimate of drug-likeness (QED) is 0.882. The lowest BCUT2D eigenvalue weighted by Crippen LogP contribution is -2.37. The van der Waals surface area contributed by atoms with E-state index in [0.717, 1.165) is 37.7 Å². The van der Waals surface area contributed by atoms with Gasteiger partial charge in [-0.2, -0.15) is 0 Å². The third kappa shape index (κ3) is 3.31. The number of hydrogen-bond acceptors (Lipinski definition) is 2. The molecule has 23 heavy (non-hydrogen) atoms. The van der Waals surface area contributed by atoms with Crippen LogP contribution in [0.1, 0.15) is 55.8 Å². The summed E-state index contributed by atoms with van der Waals surface area (Å²) in [6, 6.07) is 7.68. The summed E-state index contributed by atoms with van der Waals surface area (Å²) in [5.74, 6) is -0.227. The average Bonchev–Trinajstić information content (AvgIpc) is 2.84. The van der Waals surface area contributed by atoms with Crippen molar-refractivity contribution in [3.8, 4) is 0 Å². The molecule has 2 aromatic rings. The molecule has 1 aliphatic rings. The maximum absolute atomic E-state index is 12.7. The molecular weight excluding hydrogens is 288 g/mol. The van der Waals surface area contributed by atoms with Gasteiger partial charge in [0, 0.05) is 24.2 Å². The van der Waals surface area contributed by atoms with E-state index in [1.54, 1.807) is 12.3 Å². The number of nitrogens with one attached hydrogen (secondary N) is 1. The minimum Gasteiger partial charge on any atom is -0.349 e. The van der Waals surface area contributed by atoms with E-state index in [1.165, 1.54) is 12.8 Å². The van der Waals surface area contributed by atoms with E-state index < -0.39 is 0 Å². The molecule has 1 N–H and O–H groups in total. The molecule has 122 valence electrons. The predicted molar refractivity (Wildman–Crippen MR) is 92.8 cm³/mol. The fourth-order valence-corrected chi connectivity index (χ4v) is 3.46. The number of carbonyl (C=O) groups is 1. The second kappa shape index (κ2) is 6.99. The maximum atomic E-state index is 12.7. The summed E-state index contributed by atoms with van der Waals surface area (Å²) in [6.45, 7) is 2.74. The van der Waals surface area contributed by atoms with Crippen molar-refractivity contribution >= 4 is 16.8 Å². The van der Waals surface area contributed by atoms with Crippen LogP contribution in [-0.4, -0.2) is 16.5 Å². The fourth-order valence-electron chi connectivity index (χ4n) is 3.46. The number of rotatable bonds is 3. The van der Waals surface area contributed by atoms with Crippen LogP contribution >= 0.6 is 0 Å². The van der Waals surface area contributed by atoms with Gasteiger partial charge in [0.15, 0.2) is 0 Å².